The van der Waals surface area contributed by atoms with Crippen LogP contribution in [-0.2, 0) is 0 Å². The summed E-state index contributed by atoms with van der Waals surface area (Å²) >= 11 is 0. The van der Waals surface area contributed by atoms with Gasteiger partial charge in [-0.05, 0) is 65.4 Å². The number of rotatable bonds is 4. The molecule has 0 unspecified atom stereocenters. The third kappa shape index (κ3) is 3.62. The highest BCUT2D eigenvalue weighted by Crippen LogP contribution is 2.46. The maximum absolute atomic E-state index is 2.50. The molecule has 0 saturated heterocycles. The minimum atomic E-state index is 1.11. The molecule has 3 heteroatoms. The predicted molar refractivity (Wildman–Crippen MR) is 208 cm³/mol. The SMILES string of the molecule is c1ccc(N(c2ccc3c4ccc5cccc6c7ccccc7n(c3c2)c4c56)c2cccc3c4ccccc4n(-c4ccccc4)c23)cc1. The van der Waals surface area contributed by atoms with Gasteiger partial charge in [0.25, 0.3) is 0 Å². The van der Waals surface area contributed by atoms with Gasteiger partial charge in [0.15, 0.2) is 0 Å². The van der Waals surface area contributed by atoms with Gasteiger partial charge < -0.3 is 13.9 Å². The first-order valence-electron chi connectivity index (χ1n) is 16.9. The summed E-state index contributed by atoms with van der Waals surface area (Å²) in [6.45, 7) is 0. The van der Waals surface area contributed by atoms with Crippen LogP contribution in [0.15, 0.2) is 176 Å². The second kappa shape index (κ2) is 9.96. The van der Waals surface area contributed by atoms with Crippen molar-refractivity contribution in [2.24, 2.45) is 0 Å². The van der Waals surface area contributed by atoms with Crippen molar-refractivity contribution in [3.8, 4) is 5.69 Å². The highest BCUT2D eigenvalue weighted by Gasteiger charge is 2.23. The van der Waals surface area contributed by atoms with E-state index in [2.05, 4.69) is 190 Å². The van der Waals surface area contributed by atoms with Crippen molar-refractivity contribution < 1.29 is 0 Å². The summed E-state index contributed by atoms with van der Waals surface area (Å²) in [7, 11) is 0. The quantitative estimate of drug-likeness (QED) is 0.140. The summed E-state index contributed by atoms with van der Waals surface area (Å²) in [4.78, 5) is 2.43. The zero-order chi connectivity index (χ0) is 32.1. The molecule has 49 heavy (non-hydrogen) atoms. The van der Waals surface area contributed by atoms with Crippen molar-refractivity contribution in [3.63, 3.8) is 0 Å². The van der Waals surface area contributed by atoms with Crippen molar-refractivity contribution >= 4 is 87.7 Å². The largest absolute Gasteiger partial charge is 0.308 e. The molecule has 0 atom stereocenters. The Morgan fingerprint density at radius 2 is 0.980 bits per heavy atom. The Hall–Kier alpha value is -6.58. The number of hydrogen-bond acceptors (Lipinski definition) is 1. The topological polar surface area (TPSA) is 12.6 Å². The first kappa shape index (κ1) is 26.5. The van der Waals surface area contributed by atoms with Crippen LogP contribution in [-0.4, -0.2) is 8.97 Å². The Morgan fingerprint density at radius 3 is 1.82 bits per heavy atom. The van der Waals surface area contributed by atoms with E-state index in [4.69, 9.17) is 0 Å². The minimum Gasteiger partial charge on any atom is -0.308 e. The first-order chi connectivity index (χ1) is 24.3. The van der Waals surface area contributed by atoms with Gasteiger partial charge in [-0.2, -0.15) is 0 Å². The number of nitrogens with zero attached hydrogens (tertiary/aromatic N) is 3. The van der Waals surface area contributed by atoms with Crippen LogP contribution in [0.2, 0.25) is 0 Å². The van der Waals surface area contributed by atoms with Gasteiger partial charge in [-0.3, -0.25) is 0 Å². The zero-order valence-corrected chi connectivity index (χ0v) is 26.6. The fraction of sp³-hybridized carbons (Fsp3) is 0. The molecule has 0 aliphatic heterocycles. The van der Waals surface area contributed by atoms with Gasteiger partial charge in [0, 0.05) is 49.4 Å². The molecule has 228 valence electrons. The fourth-order valence-electron chi connectivity index (χ4n) is 8.40. The van der Waals surface area contributed by atoms with E-state index in [9.17, 15) is 0 Å². The van der Waals surface area contributed by atoms with E-state index in [0.29, 0.717) is 0 Å². The van der Waals surface area contributed by atoms with Crippen LogP contribution in [0.1, 0.15) is 0 Å². The van der Waals surface area contributed by atoms with E-state index < -0.39 is 0 Å². The monoisotopic (exact) mass is 623 g/mol. The Kier molecular flexibility index (Phi) is 5.38. The Balaban J connectivity index is 1.27. The number of pyridine rings is 1. The maximum Gasteiger partial charge on any atom is 0.0782 e. The average Bonchev–Trinajstić information content (AvgIpc) is 3.69. The normalized spacial score (nSPS) is 12.1. The third-order valence-corrected chi connectivity index (χ3v) is 10.4. The number of fused-ring (bicyclic) bond motifs is 9. The van der Waals surface area contributed by atoms with Crippen molar-refractivity contribution in [2.75, 3.05) is 4.90 Å². The van der Waals surface area contributed by atoms with Crippen molar-refractivity contribution in [3.05, 3.63) is 176 Å². The molecular formula is C46H29N3. The highest BCUT2D eigenvalue weighted by molar-refractivity contribution is 6.28. The number of anilines is 3. The van der Waals surface area contributed by atoms with Gasteiger partial charge >= 0.3 is 0 Å². The van der Waals surface area contributed by atoms with Crippen LogP contribution in [0.3, 0.4) is 0 Å². The third-order valence-electron chi connectivity index (χ3n) is 10.4. The molecule has 0 amide bonds. The van der Waals surface area contributed by atoms with Crippen LogP contribution in [0.4, 0.5) is 17.1 Å². The molecule has 0 aliphatic rings. The smallest absolute Gasteiger partial charge is 0.0782 e. The fourth-order valence-corrected chi connectivity index (χ4v) is 8.40. The Morgan fingerprint density at radius 1 is 0.367 bits per heavy atom. The first-order valence-corrected chi connectivity index (χ1v) is 16.9. The second-order valence-electron chi connectivity index (χ2n) is 13.0. The second-order valence-corrected chi connectivity index (χ2v) is 13.0. The molecular weight excluding hydrogens is 595 g/mol. The lowest BCUT2D eigenvalue weighted by atomic mass is 9.99. The van der Waals surface area contributed by atoms with Crippen molar-refractivity contribution in [1.82, 2.24) is 8.97 Å². The van der Waals surface area contributed by atoms with Crippen LogP contribution in [0.5, 0.6) is 0 Å². The lowest BCUT2D eigenvalue weighted by Gasteiger charge is -2.27. The van der Waals surface area contributed by atoms with Gasteiger partial charge in [-0.25, -0.2) is 0 Å². The molecule has 11 aromatic rings. The molecule has 0 spiro atoms. The summed E-state index contributed by atoms with van der Waals surface area (Å²) in [5.74, 6) is 0. The minimum absolute atomic E-state index is 1.11. The molecule has 11 rings (SSSR count). The summed E-state index contributed by atoms with van der Waals surface area (Å²) < 4.78 is 4.93. The van der Waals surface area contributed by atoms with E-state index in [1.165, 1.54) is 70.7 Å². The molecule has 0 bridgehead atoms. The lowest BCUT2D eigenvalue weighted by Crippen LogP contribution is -2.11. The standard InChI is InChI=1S/C46H29N3/c1-3-14-31(15-4-1)47(42-24-12-21-38-35-19-8-9-22-40(35)48(45(38)42)32-16-5-2-6-17-32)33-26-28-36-39-27-25-30-13-11-20-37-34-18-7-10-23-41(34)49(43(36)29-33)46(39)44(30)37/h1-29H. The van der Waals surface area contributed by atoms with Crippen LogP contribution >= 0.6 is 0 Å². The van der Waals surface area contributed by atoms with Gasteiger partial charge in [0.2, 0.25) is 0 Å². The lowest BCUT2D eigenvalue weighted by molar-refractivity contribution is 1.17. The van der Waals surface area contributed by atoms with E-state index in [1.54, 1.807) is 0 Å². The highest BCUT2D eigenvalue weighted by atomic mass is 15.2. The molecule has 3 aromatic heterocycles. The van der Waals surface area contributed by atoms with Crippen LogP contribution in [0, 0.1) is 0 Å². The van der Waals surface area contributed by atoms with Gasteiger partial charge in [0.1, 0.15) is 0 Å². The van der Waals surface area contributed by atoms with Gasteiger partial charge in [0.05, 0.1) is 33.3 Å². The number of para-hydroxylation sites is 5. The summed E-state index contributed by atoms with van der Waals surface area (Å²) in [5.41, 5.74) is 10.6. The van der Waals surface area contributed by atoms with Gasteiger partial charge in [-0.15, -0.1) is 0 Å². The molecule has 0 N–H and O–H groups in total. The van der Waals surface area contributed by atoms with E-state index >= 15 is 0 Å². The zero-order valence-electron chi connectivity index (χ0n) is 26.6. The molecule has 8 aromatic carbocycles. The Labute approximate surface area is 282 Å². The number of benzene rings is 8. The van der Waals surface area contributed by atoms with E-state index in [1.807, 2.05) is 0 Å². The average molecular weight is 624 g/mol. The molecule has 0 fully saturated rings. The van der Waals surface area contributed by atoms with Crippen LogP contribution < -0.4 is 4.90 Å². The molecule has 0 radical (unpaired) electrons. The van der Waals surface area contributed by atoms with E-state index in [-0.39, 0.29) is 0 Å². The van der Waals surface area contributed by atoms with Gasteiger partial charge in [-0.1, -0.05) is 121 Å². The summed E-state index contributed by atoms with van der Waals surface area (Å²) in [6, 6.07) is 64.2. The maximum atomic E-state index is 2.50. The predicted octanol–water partition coefficient (Wildman–Crippen LogP) is 12.6. The number of hydrogen-bond donors (Lipinski definition) is 0. The van der Waals surface area contributed by atoms with E-state index in [0.717, 1.165) is 22.7 Å². The molecule has 0 aliphatic carbocycles. The summed E-state index contributed by atoms with van der Waals surface area (Å²) in [6.07, 6.45) is 0. The molecule has 0 saturated carbocycles. The van der Waals surface area contributed by atoms with Crippen molar-refractivity contribution in [2.45, 2.75) is 0 Å². The Bertz CT molecular complexity index is 3040. The molecule has 3 nitrogen and oxygen atoms in total. The summed E-state index contributed by atoms with van der Waals surface area (Å²) in [5, 5.41) is 10.2. The van der Waals surface area contributed by atoms with Crippen molar-refractivity contribution in [1.29, 1.82) is 0 Å². The molecule has 3 heterocycles. The number of aromatic nitrogens is 2. The van der Waals surface area contributed by atoms with Crippen LogP contribution in [0.25, 0.3) is 76.4 Å².